The van der Waals surface area contributed by atoms with Gasteiger partial charge in [0.15, 0.2) is 5.82 Å². The van der Waals surface area contributed by atoms with Crippen LogP contribution >= 0.6 is 0 Å². The van der Waals surface area contributed by atoms with Crippen LogP contribution in [0.2, 0.25) is 0 Å². The minimum atomic E-state index is -0.890. The van der Waals surface area contributed by atoms with Gasteiger partial charge in [-0.2, -0.15) is 5.10 Å². The number of nitrogens with zero attached hydrogens (tertiary/aromatic N) is 4. The van der Waals surface area contributed by atoms with Crippen LogP contribution in [-0.2, 0) is 4.79 Å². The van der Waals surface area contributed by atoms with E-state index in [9.17, 15) is 9.90 Å². The lowest BCUT2D eigenvalue weighted by Crippen LogP contribution is -2.35. The number of rotatable bonds is 6. The highest BCUT2D eigenvalue weighted by molar-refractivity contribution is 5.77. The van der Waals surface area contributed by atoms with E-state index in [0.29, 0.717) is 11.6 Å². The van der Waals surface area contributed by atoms with E-state index in [2.05, 4.69) is 20.6 Å². The first kappa shape index (κ1) is 15.9. The smallest absolute Gasteiger partial charge is 0.326 e. The molecule has 0 bridgehead atoms. The summed E-state index contributed by atoms with van der Waals surface area (Å²) in [7, 11) is 0. The van der Waals surface area contributed by atoms with Gasteiger partial charge in [-0.05, 0) is 38.0 Å². The molecule has 2 N–H and O–H groups in total. The molecular weight excluding hydrogens is 282 g/mol. The number of carbonyl (C=O) groups is 1. The first-order chi connectivity index (χ1) is 10.4. The van der Waals surface area contributed by atoms with Gasteiger partial charge in [0.1, 0.15) is 11.9 Å². The number of hydrogen-bond donors (Lipinski definition) is 2. The summed E-state index contributed by atoms with van der Waals surface area (Å²) in [5, 5.41) is 24.7. The Morgan fingerprint density at radius 3 is 2.55 bits per heavy atom. The molecule has 0 saturated carbocycles. The maximum atomic E-state index is 11.3. The number of aromatic nitrogens is 4. The van der Waals surface area contributed by atoms with Crippen LogP contribution in [0, 0.1) is 19.8 Å². The Morgan fingerprint density at radius 2 is 2.09 bits per heavy atom. The zero-order valence-electron chi connectivity index (χ0n) is 13.2. The molecule has 2 aromatic rings. The molecule has 0 aliphatic heterocycles. The summed E-state index contributed by atoms with van der Waals surface area (Å²) in [5.41, 5.74) is 1.87. The van der Waals surface area contributed by atoms with Gasteiger partial charge in [0.2, 0.25) is 0 Å². The molecule has 0 aliphatic rings. The predicted octanol–water partition coefficient (Wildman–Crippen LogP) is 2.19. The molecule has 0 unspecified atom stereocenters. The van der Waals surface area contributed by atoms with Gasteiger partial charge in [0.05, 0.1) is 5.69 Å². The molecule has 7 nitrogen and oxygen atoms in total. The van der Waals surface area contributed by atoms with Crippen molar-refractivity contribution in [3.05, 3.63) is 29.6 Å². The highest BCUT2D eigenvalue weighted by Gasteiger charge is 2.23. The van der Waals surface area contributed by atoms with E-state index in [1.165, 1.54) is 0 Å². The van der Waals surface area contributed by atoms with Gasteiger partial charge in [0.25, 0.3) is 0 Å². The second kappa shape index (κ2) is 6.55. The van der Waals surface area contributed by atoms with Gasteiger partial charge < -0.3 is 10.4 Å². The highest BCUT2D eigenvalue weighted by Crippen LogP contribution is 2.15. The molecule has 2 heterocycles. The molecule has 22 heavy (non-hydrogen) atoms. The molecule has 0 spiro atoms. The first-order valence-electron chi connectivity index (χ1n) is 7.29. The van der Waals surface area contributed by atoms with Crippen molar-refractivity contribution in [2.75, 3.05) is 5.32 Å². The summed E-state index contributed by atoms with van der Waals surface area (Å²) in [6.07, 6.45) is 0.765. The molecule has 0 fully saturated rings. The van der Waals surface area contributed by atoms with Crippen LogP contribution < -0.4 is 5.32 Å². The van der Waals surface area contributed by atoms with E-state index in [0.717, 1.165) is 17.8 Å². The van der Waals surface area contributed by atoms with Crippen LogP contribution in [0.3, 0.4) is 0 Å². The minimum Gasteiger partial charge on any atom is -0.480 e. The Kier molecular flexibility index (Phi) is 4.75. The lowest BCUT2D eigenvalue weighted by molar-refractivity contribution is -0.139. The van der Waals surface area contributed by atoms with Crippen molar-refractivity contribution in [3.63, 3.8) is 0 Å². The Balaban J connectivity index is 2.18. The number of carboxylic acids is 1. The lowest BCUT2D eigenvalue weighted by atomic mass is 9.99. The third kappa shape index (κ3) is 3.41. The number of aryl methyl sites for hydroxylation is 2. The van der Waals surface area contributed by atoms with Crippen molar-refractivity contribution in [2.24, 2.45) is 5.92 Å². The van der Waals surface area contributed by atoms with Crippen LogP contribution in [0.5, 0.6) is 0 Å². The van der Waals surface area contributed by atoms with Crippen molar-refractivity contribution < 1.29 is 9.90 Å². The lowest BCUT2D eigenvalue weighted by Gasteiger charge is -2.20. The zero-order chi connectivity index (χ0) is 16.3. The van der Waals surface area contributed by atoms with Crippen LogP contribution in [0.15, 0.2) is 18.2 Å². The topological polar surface area (TPSA) is 92.9 Å². The van der Waals surface area contributed by atoms with Crippen molar-refractivity contribution >= 4 is 11.8 Å². The second-order valence-corrected chi connectivity index (χ2v) is 5.46. The maximum absolute atomic E-state index is 11.3. The quantitative estimate of drug-likeness (QED) is 0.849. The minimum absolute atomic E-state index is 0.00464. The van der Waals surface area contributed by atoms with Crippen molar-refractivity contribution in [2.45, 2.75) is 40.2 Å². The fraction of sp³-hybridized carbons (Fsp3) is 0.467. The summed E-state index contributed by atoms with van der Waals surface area (Å²) in [6, 6.07) is 4.76. The van der Waals surface area contributed by atoms with Crippen LogP contribution in [0.4, 0.5) is 5.82 Å². The van der Waals surface area contributed by atoms with E-state index in [4.69, 9.17) is 0 Å². The normalized spacial score (nSPS) is 13.6. The van der Waals surface area contributed by atoms with Gasteiger partial charge >= 0.3 is 5.97 Å². The van der Waals surface area contributed by atoms with E-state index in [1.807, 2.05) is 33.8 Å². The molecule has 2 aromatic heterocycles. The Bertz CT molecular complexity index is 650. The number of aliphatic carboxylic acids is 1. The number of anilines is 1. The predicted molar refractivity (Wildman–Crippen MR) is 83.1 cm³/mol. The molecule has 2 rings (SSSR count). The van der Waals surface area contributed by atoms with Gasteiger partial charge in [-0.15, -0.1) is 10.2 Å². The third-order valence-electron chi connectivity index (χ3n) is 3.66. The van der Waals surface area contributed by atoms with Gasteiger partial charge in [-0.25, -0.2) is 9.48 Å². The summed E-state index contributed by atoms with van der Waals surface area (Å²) < 4.78 is 1.70. The van der Waals surface area contributed by atoms with Gasteiger partial charge in [-0.1, -0.05) is 20.3 Å². The molecule has 2 atom stereocenters. The zero-order valence-corrected chi connectivity index (χ0v) is 13.2. The third-order valence-corrected chi connectivity index (χ3v) is 3.66. The average Bonchev–Trinajstić information content (AvgIpc) is 2.83. The summed E-state index contributed by atoms with van der Waals surface area (Å²) in [4.78, 5) is 11.3. The monoisotopic (exact) mass is 303 g/mol. The van der Waals surface area contributed by atoms with Crippen molar-refractivity contribution in [3.8, 4) is 5.82 Å². The summed E-state index contributed by atoms with van der Waals surface area (Å²) in [6.45, 7) is 7.71. The van der Waals surface area contributed by atoms with E-state index in [-0.39, 0.29) is 5.92 Å². The molecule has 118 valence electrons. The van der Waals surface area contributed by atoms with Crippen LogP contribution in [-0.4, -0.2) is 37.1 Å². The molecule has 0 amide bonds. The second-order valence-electron chi connectivity index (χ2n) is 5.46. The van der Waals surface area contributed by atoms with Crippen molar-refractivity contribution in [1.82, 2.24) is 20.0 Å². The Hall–Kier alpha value is -2.44. The van der Waals surface area contributed by atoms with Gasteiger partial charge in [0, 0.05) is 5.69 Å². The summed E-state index contributed by atoms with van der Waals surface area (Å²) in [5.74, 6) is 0.151. The molecular formula is C15H21N5O2. The molecule has 0 saturated heterocycles. The fourth-order valence-electron chi connectivity index (χ4n) is 2.22. The first-order valence-corrected chi connectivity index (χ1v) is 7.29. The maximum Gasteiger partial charge on any atom is 0.326 e. The van der Waals surface area contributed by atoms with Crippen LogP contribution in [0.1, 0.15) is 31.7 Å². The molecule has 7 heteroatoms. The number of hydrogen-bond acceptors (Lipinski definition) is 5. The SMILES string of the molecule is CC[C@H](C)[C@H](Nc1ccc(-n2nc(C)cc2C)nn1)C(=O)O. The average molecular weight is 303 g/mol. The molecule has 0 radical (unpaired) electrons. The van der Waals surface area contributed by atoms with Crippen molar-refractivity contribution in [1.29, 1.82) is 0 Å². The summed E-state index contributed by atoms with van der Waals surface area (Å²) >= 11 is 0. The number of nitrogens with one attached hydrogen (secondary N) is 1. The Morgan fingerprint density at radius 1 is 1.36 bits per heavy atom. The van der Waals surface area contributed by atoms with Gasteiger partial charge in [-0.3, -0.25) is 0 Å². The van der Waals surface area contributed by atoms with E-state index < -0.39 is 12.0 Å². The fourth-order valence-corrected chi connectivity index (χ4v) is 2.22. The number of carboxylic acid groups (broad SMARTS) is 1. The Labute approximate surface area is 129 Å². The van der Waals surface area contributed by atoms with Crippen LogP contribution in [0.25, 0.3) is 5.82 Å². The molecule has 0 aromatic carbocycles. The van der Waals surface area contributed by atoms with E-state index in [1.54, 1.807) is 16.8 Å². The standard InChI is InChI=1S/C15H21N5O2/c1-5-9(2)14(15(21)22)16-12-6-7-13(18-17-12)20-11(4)8-10(3)19-20/h6-9,14H,5H2,1-4H3,(H,16,17)(H,21,22)/t9-,14-/m0/s1. The highest BCUT2D eigenvalue weighted by atomic mass is 16.4. The molecule has 0 aliphatic carbocycles. The largest absolute Gasteiger partial charge is 0.480 e. The van der Waals surface area contributed by atoms with E-state index >= 15 is 0 Å².